The first-order valence-electron chi connectivity index (χ1n) is 18.7. The van der Waals surface area contributed by atoms with Crippen LogP contribution in [0.1, 0.15) is 0 Å². The third-order valence-electron chi connectivity index (χ3n) is 10.9. The highest BCUT2D eigenvalue weighted by atomic mass is 32.1. The summed E-state index contributed by atoms with van der Waals surface area (Å²) < 4.78 is 8.82. The van der Waals surface area contributed by atoms with Gasteiger partial charge in [0.05, 0.1) is 10.4 Å². The molecule has 11 aromatic rings. The minimum Gasteiger partial charge on any atom is -0.456 e. The Labute approximate surface area is 322 Å². The van der Waals surface area contributed by atoms with Gasteiger partial charge in [-0.15, -0.1) is 11.3 Å². The van der Waals surface area contributed by atoms with Crippen molar-refractivity contribution >= 4 is 81.3 Å². The lowest BCUT2D eigenvalue weighted by Gasteiger charge is -2.26. The van der Waals surface area contributed by atoms with E-state index in [1.54, 1.807) is 0 Å². The Morgan fingerprint density at radius 1 is 0.345 bits per heavy atom. The molecule has 258 valence electrons. The first kappa shape index (κ1) is 31.6. The van der Waals surface area contributed by atoms with Crippen LogP contribution in [0.15, 0.2) is 205 Å². The van der Waals surface area contributed by atoms with Crippen molar-refractivity contribution in [3.05, 3.63) is 200 Å². The van der Waals surface area contributed by atoms with Crippen molar-refractivity contribution in [3.63, 3.8) is 0 Å². The van der Waals surface area contributed by atoms with Crippen LogP contribution in [0.5, 0.6) is 0 Å². The summed E-state index contributed by atoms with van der Waals surface area (Å²) in [6.45, 7) is 0. The fourth-order valence-corrected chi connectivity index (χ4v) is 9.48. The highest BCUT2D eigenvalue weighted by molar-refractivity contribution is 7.27. The number of hydrogen-bond donors (Lipinski definition) is 0. The van der Waals surface area contributed by atoms with Gasteiger partial charge in [0.2, 0.25) is 0 Å². The van der Waals surface area contributed by atoms with Gasteiger partial charge in [-0.1, -0.05) is 146 Å². The zero-order valence-corrected chi connectivity index (χ0v) is 30.6. The van der Waals surface area contributed by atoms with E-state index in [9.17, 15) is 0 Å². The lowest BCUT2D eigenvalue weighted by Crippen LogP contribution is -2.10. The average Bonchev–Trinajstić information content (AvgIpc) is 3.83. The second kappa shape index (κ2) is 12.9. The average molecular weight is 720 g/mol. The molecule has 11 rings (SSSR count). The number of hydrogen-bond acceptors (Lipinski definition) is 3. The van der Waals surface area contributed by atoms with Gasteiger partial charge in [-0.2, -0.15) is 0 Å². The monoisotopic (exact) mass is 719 g/mol. The number of anilines is 3. The van der Waals surface area contributed by atoms with Crippen LogP contribution in [-0.2, 0) is 0 Å². The first-order chi connectivity index (χ1) is 27.2. The third kappa shape index (κ3) is 5.40. The summed E-state index contributed by atoms with van der Waals surface area (Å²) >= 11 is 1.88. The molecule has 0 atom stereocenters. The Kier molecular flexibility index (Phi) is 7.39. The van der Waals surface area contributed by atoms with Gasteiger partial charge >= 0.3 is 0 Å². The van der Waals surface area contributed by atoms with Crippen molar-refractivity contribution in [3.8, 4) is 33.4 Å². The Hall–Kier alpha value is -6.94. The highest BCUT2D eigenvalue weighted by Gasteiger charge is 2.20. The van der Waals surface area contributed by atoms with Gasteiger partial charge in [-0.05, 0) is 98.8 Å². The molecule has 2 heterocycles. The van der Waals surface area contributed by atoms with Crippen LogP contribution in [-0.4, -0.2) is 0 Å². The molecule has 0 bridgehead atoms. The molecule has 2 nitrogen and oxygen atoms in total. The predicted molar refractivity (Wildman–Crippen MR) is 235 cm³/mol. The minimum atomic E-state index is 0.905. The Morgan fingerprint density at radius 2 is 0.927 bits per heavy atom. The van der Waals surface area contributed by atoms with E-state index in [0.29, 0.717) is 0 Å². The van der Waals surface area contributed by atoms with Crippen molar-refractivity contribution in [2.45, 2.75) is 0 Å². The van der Waals surface area contributed by atoms with Gasteiger partial charge in [0.15, 0.2) is 0 Å². The SMILES string of the molecule is c1ccc(-c2ccc3cc(N(c4ccc(-c5ccc6c(c5)oc5ccccc56)cc4)c4cccc5c4sc4c(-c6ccccc6)cccc45)ccc3c2)cc1. The molecule has 0 radical (unpaired) electrons. The molecular weight excluding hydrogens is 687 g/mol. The maximum absolute atomic E-state index is 6.26. The van der Waals surface area contributed by atoms with E-state index in [1.807, 2.05) is 23.5 Å². The maximum Gasteiger partial charge on any atom is 0.136 e. The van der Waals surface area contributed by atoms with Crippen LogP contribution < -0.4 is 4.90 Å². The fraction of sp³-hybridized carbons (Fsp3) is 0. The Balaban J connectivity index is 1.07. The Morgan fingerprint density at radius 3 is 1.76 bits per heavy atom. The van der Waals surface area contributed by atoms with Gasteiger partial charge in [-0.3, -0.25) is 0 Å². The second-order valence-electron chi connectivity index (χ2n) is 14.1. The summed E-state index contributed by atoms with van der Waals surface area (Å²) in [5.74, 6) is 0. The topological polar surface area (TPSA) is 16.4 Å². The van der Waals surface area contributed by atoms with E-state index in [-0.39, 0.29) is 0 Å². The molecule has 0 aliphatic heterocycles. The lowest BCUT2D eigenvalue weighted by atomic mass is 10.00. The van der Waals surface area contributed by atoms with E-state index in [1.165, 1.54) is 53.2 Å². The van der Waals surface area contributed by atoms with Crippen LogP contribution >= 0.6 is 11.3 Å². The number of nitrogens with zero attached hydrogens (tertiary/aromatic N) is 1. The molecule has 9 aromatic carbocycles. The quantitative estimate of drug-likeness (QED) is 0.170. The molecule has 55 heavy (non-hydrogen) atoms. The predicted octanol–water partition coefficient (Wildman–Crippen LogP) is 15.6. The number of fused-ring (bicyclic) bond motifs is 7. The van der Waals surface area contributed by atoms with E-state index >= 15 is 0 Å². The van der Waals surface area contributed by atoms with E-state index in [2.05, 4.69) is 193 Å². The van der Waals surface area contributed by atoms with Crippen LogP contribution in [0.3, 0.4) is 0 Å². The van der Waals surface area contributed by atoms with E-state index in [0.717, 1.165) is 50.1 Å². The maximum atomic E-state index is 6.26. The largest absolute Gasteiger partial charge is 0.456 e. The summed E-state index contributed by atoms with van der Waals surface area (Å²) in [5.41, 5.74) is 12.4. The number of para-hydroxylation sites is 1. The smallest absolute Gasteiger partial charge is 0.136 e. The summed E-state index contributed by atoms with van der Waals surface area (Å²) in [6.07, 6.45) is 0. The number of furan rings is 1. The molecule has 3 heteroatoms. The van der Waals surface area contributed by atoms with Gasteiger partial charge in [-0.25, -0.2) is 0 Å². The molecule has 0 saturated heterocycles. The van der Waals surface area contributed by atoms with Crippen molar-refractivity contribution in [2.75, 3.05) is 4.90 Å². The molecule has 0 aliphatic rings. The molecule has 0 amide bonds. The van der Waals surface area contributed by atoms with E-state index < -0.39 is 0 Å². The van der Waals surface area contributed by atoms with Gasteiger partial charge in [0, 0.05) is 37.6 Å². The second-order valence-corrected chi connectivity index (χ2v) is 15.1. The number of thiophene rings is 1. The summed E-state index contributed by atoms with van der Waals surface area (Å²) in [4.78, 5) is 2.43. The molecule has 2 aromatic heterocycles. The normalized spacial score (nSPS) is 11.6. The highest BCUT2D eigenvalue weighted by Crippen LogP contribution is 2.47. The molecule has 0 unspecified atom stereocenters. The summed E-state index contributed by atoms with van der Waals surface area (Å²) in [5, 5.41) is 7.26. The molecule has 0 fully saturated rings. The number of benzene rings is 9. The van der Waals surface area contributed by atoms with Gasteiger partial charge in [0.25, 0.3) is 0 Å². The van der Waals surface area contributed by atoms with Crippen molar-refractivity contribution in [1.82, 2.24) is 0 Å². The molecule has 0 saturated carbocycles. The molecule has 0 N–H and O–H groups in total. The van der Waals surface area contributed by atoms with E-state index in [4.69, 9.17) is 4.42 Å². The Bertz CT molecular complexity index is 3190. The summed E-state index contributed by atoms with van der Waals surface area (Å²) in [6, 6.07) is 72.2. The first-order valence-corrected chi connectivity index (χ1v) is 19.5. The van der Waals surface area contributed by atoms with Gasteiger partial charge < -0.3 is 9.32 Å². The van der Waals surface area contributed by atoms with Crippen LogP contribution in [0.2, 0.25) is 0 Å². The molecule has 0 aliphatic carbocycles. The number of rotatable bonds is 6. The van der Waals surface area contributed by atoms with Crippen LogP contribution in [0.4, 0.5) is 17.1 Å². The minimum absolute atomic E-state index is 0.905. The van der Waals surface area contributed by atoms with Crippen LogP contribution in [0, 0.1) is 0 Å². The van der Waals surface area contributed by atoms with Crippen LogP contribution in [0.25, 0.3) is 86.3 Å². The fourth-order valence-electron chi connectivity index (χ4n) is 8.14. The lowest BCUT2D eigenvalue weighted by molar-refractivity contribution is 0.669. The van der Waals surface area contributed by atoms with Crippen molar-refractivity contribution in [2.24, 2.45) is 0 Å². The van der Waals surface area contributed by atoms with Crippen molar-refractivity contribution in [1.29, 1.82) is 0 Å². The van der Waals surface area contributed by atoms with Crippen molar-refractivity contribution < 1.29 is 4.42 Å². The third-order valence-corrected chi connectivity index (χ3v) is 12.1. The molecular formula is C52H33NOS. The zero-order valence-electron chi connectivity index (χ0n) is 29.8. The van der Waals surface area contributed by atoms with Gasteiger partial charge in [0.1, 0.15) is 11.2 Å². The molecule has 0 spiro atoms. The summed E-state index contributed by atoms with van der Waals surface area (Å²) in [7, 11) is 0. The zero-order chi connectivity index (χ0) is 36.3. The standard InChI is InChI=1S/C52H33NOS/c1-3-11-34(12-4-1)37-21-22-39-32-42(29-25-38(39)31-37)53(41-27-23-35(24-28-41)40-26-30-45-44-15-7-8-20-49(44)54-50(45)33-40)48-19-10-18-47-46-17-9-16-43(51(46)55-52(47)48)36-13-5-2-6-14-36/h1-33H.